The molecule has 0 atom stereocenters. The van der Waals surface area contributed by atoms with E-state index in [0.717, 1.165) is 0 Å². The van der Waals surface area contributed by atoms with Gasteiger partial charge in [0.25, 0.3) is 0 Å². The first kappa shape index (κ1) is 17.2. The average molecular weight is 295 g/mol. The second-order valence-corrected chi connectivity index (χ2v) is 5.45. The normalized spacial score (nSPS) is 10.8. The van der Waals surface area contributed by atoms with Gasteiger partial charge in [0.05, 0.1) is 12.9 Å². The summed E-state index contributed by atoms with van der Waals surface area (Å²) in [6, 6.07) is 7.01. The van der Waals surface area contributed by atoms with Crippen molar-refractivity contribution in [2.24, 2.45) is 5.73 Å². The molecule has 0 radical (unpaired) electrons. The third kappa shape index (κ3) is 6.20. The molecular formula is C11H19ClN2O3S. The van der Waals surface area contributed by atoms with E-state index in [-0.39, 0.29) is 18.2 Å². The molecule has 18 heavy (non-hydrogen) atoms. The van der Waals surface area contributed by atoms with Gasteiger partial charge in [-0.3, -0.25) is 0 Å². The van der Waals surface area contributed by atoms with E-state index < -0.39 is 10.0 Å². The first-order valence-electron chi connectivity index (χ1n) is 5.38. The summed E-state index contributed by atoms with van der Waals surface area (Å²) >= 11 is 0. The molecule has 104 valence electrons. The maximum Gasteiger partial charge on any atom is 0.215 e. The molecule has 1 aromatic rings. The fourth-order valence-corrected chi connectivity index (χ4v) is 2.54. The van der Waals surface area contributed by atoms with Crippen molar-refractivity contribution in [1.82, 2.24) is 4.72 Å². The largest absolute Gasteiger partial charge is 0.497 e. The van der Waals surface area contributed by atoms with Crippen LogP contribution in [0.4, 0.5) is 0 Å². The topological polar surface area (TPSA) is 81.4 Å². The molecule has 7 heteroatoms. The SMILES string of the molecule is COc1cccc(CS(=O)(=O)NCCCN)c1.Cl. The molecule has 0 spiro atoms. The highest BCUT2D eigenvalue weighted by molar-refractivity contribution is 7.88. The number of nitrogens with two attached hydrogens (primary N) is 1. The van der Waals surface area contributed by atoms with E-state index in [1.807, 2.05) is 0 Å². The van der Waals surface area contributed by atoms with Gasteiger partial charge in [0.1, 0.15) is 5.75 Å². The van der Waals surface area contributed by atoms with Crippen molar-refractivity contribution < 1.29 is 13.2 Å². The summed E-state index contributed by atoms with van der Waals surface area (Å²) in [5.41, 5.74) is 6.00. The lowest BCUT2D eigenvalue weighted by Crippen LogP contribution is -2.27. The molecule has 0 fully saturated rings. The summed E-state index contributed by atoms with van der Waals surface area (Å²) in [6.45, 7) is 0.852. The molecule has 0 aliphatic carbocycles. The summed E-state index contributed by atoms with van der Waals surface area (Å²) in [4.78, 5) is 0. The quantitative estimate of drug-likeness (QED) is 0.732. The Labute approximate surface area is 114 Å². The lowest BCUT2D eigenvalue weighted by atomic mass is 10.2. The minimum absolute atomic E-state index is 0. The van der Waals surface area contributed by atoms with Crippen molar-refractivity contribution in [2.45, 2.75) is 12.2 Å². The van der Waals surface area contributed by atoms with Gasteiger partial charge in [-0.05, 0) is 30.7 Å². The molecule has 0 heterocycles. The van der Waals surface area contributed by atoms with Crippen molar-refractivity contribution >= 4 is 22.4 Å². The Kier molecular flexibility index (Phi) is 7.93. The van der Waals surface area contributed by atoms with Crippen molar-refractivity contribution in [2.75, 3.05) is 20.2 Å². The molecule has 0 saturated heterocycles. The molecule has 5 nitrogen and oxygen atoms in total. The molecular weight excluding hydrogens is 276 g/mol. The lowest BCUT2D eigenvalue weighted by molar-refractivity contribution is 0.414. The van der Waals surface area contributed by atoms with Gasteiger partial charge >= 0.3 is 0 Å². The van der Waals surface area contributed by atoms with Gasteiger partial charge in [0.2, 0.25) is 10.0 Å². The van der Waals surface area contributed by atoms with Crippen LogP contribution in [0.1, 0.15) is 12.0 Å². The molecule has 0 aliphatic heterocycles. The average Bonchev–Trinajstić information content (AvgIpc) is 2.29. The number of ether oxygens (including phenoxy) is 1. The molecule has 3 N–H and O–H groups in total. The Balaban J connectivity index is 0.00000289. The van der Waals surface area contributed by atoms with Gasteiger partial charge in [-0.25, -0.2) is 13.1 Å². The Morgan fingerprint density at radius 3 is 2.72 bits per heavy atom. The highest BCUT2D eigenvalue weighted by Crippen LogP contribution is 2.14. The monoisotopic (exact) mass is 294 g/mol. The lowest BCUT2D eigenvalue weighted by Gasteiger charge is -2.07. The van der Waals surface area contributed by atoms with Gasteiger partial charge in [0.15, 0.2) is 0 Å². The fraction of sp³-hybridized carbons (Fsp3) is 0.455. The van der Waals surface area contributed by atoms with Crippen LogP contribution in [0.15, 0.2) is 24.3 Å². The first-order valence-corrected chi connectivity index (χ1v) is 7.03. The molecule has 1 rings (SSSR count). The second kappa shape index (κ2) is 8.31. The van der Waals surface area contributed by atoms with Crippen LogP contribution in [-0.4, -0.2) is 28.6 Å². The Morgan fingerprint density at radius 2 is 2.11 bits per heavy atom. The first-order chi connectivity index (χ1) is 8.07. The van der Waals surface area contributed by atoms with Gasteiger partial charge in [-0.15, -0.1) is 12.4 Å². The van der Waals surface area contributed by atoms with Crippen LogP contribution in [-0.2, 0) is 15.8 Å². The predicted molar refractivity (Wildman–Crippen MR) is 74.5 cm³/mol. The van der Waals surface area contributed by atoms with Crippen LogP contribution in [0.5, 0.6) is 5.75 Å². The number of rotatable bonds is 7. The Hall–Kier alpha value is -0.820. The van der Waals surface area contributed by atoms with E-state index in [4.69, 9.17) is 10.5 Å². The van der Waals surface area contributed by atoms with Crippen LogP contribution >= 0.6 is 12.4 Å². The van der Waals surface area contributed by atoms with E-state index in [1.165, 1.54) is 0 Å². The summed E-state index contributed by atoms with van der Waals surface area (Å²) in [5.74, 6) is 0.606. The number of sulfonamides is 1. The minimum atomic E-state index is -3.29. The molecule has 0 unspecified atom stereocenters. The van der Waals surface area contributed by atoms with Gasteiger partial charge < -0.3 is 10.5 Å². The predicted octanol–water partition coefficient (Wildman–Crippen LogP) is 0.885. The number of hydrogen-bond acceptors (Lipinski definition) is 4. The smallest absolute Gasteiger partial charge is 0.215 e. The standard InChI is InChI=1S/C11H18N2O3S.ClH/c1-16-11-5-2-4-10(8-11)9-17(14,15)13-7-3-6-12;/h2,4-5,8,13H,3,6-7,9,12H2,1H3;1H. The van der Waals surface area contributed by atoms with Gasteiger partial charge in [-0.2, -0.15) is 0 Å². The highest BCUT2D eigenvalue weighted by Gasteiger charge is 2.10. The number of methoxy groups -OCH3 is 1. The van der Waals surface area contributed by atoms with Crippen molar-refractivity contribution in [3.05, 3.63) is 29.8 Å². The van der Waals surface area contributed by atoms with E-state index in [0.29, 0.717) is 30.8 Å². The molecule has 0 aromatic heterocycles. The number of halogens is 1. The van der Waals surface area contributed by atoms with Gasteiger partial charge in [0, 0.05) is 6.54 Å². The zero-order valence-electron chi connectivity index (χ0n) is 10.3. The third-order valence-corrected chi connectivity index (χ3v) is 3.55. The maximum absolute atomic E-state index is 11.7. The van der Waals surface area contributed by atoms with E-state index in [9.17, 15) is 8.42 Å². The van der Waals surface area contributed by atoms with Crippen LogP contribution in [0.25, 0.3) is 0 Å². The molecule has 0 bridgehead atoms. The fourth-order valence-electron chi connectivity index (χ4n) is 1.36. The van der Waals surface area contributed by atoms with Crippen molar-refractivity contribution in [1.29, 1.82) is 0 Å². The second-order valence-electron chi connectivity index (χ2n) is 3.65. The molecule has 0 amide bonds. The maximum atomic E-state index is 11.7. The summed E-state index contributed by atoms with van der Waals surface area (Å²) in [7, 11) is -1.74. The summed E-state index contributed by atoms with van der Waals surface area (Å²) in [5, 5.41) is 0. The summed E-state index contributed by atoms with van der Waals surface area (Å²) in [6.07, 6.45) is 0.636. The Morgan fingerprint density at radius 1 is 1.39 bits per heavy atom. The third-order valence-electron chi connectivity index (χ3n) is 2.19. The molecule has 0 aliphatic rings. The zero-order chi connectivity index (χ0) is 12.7. The van der Waals surface area contributed by atoms with E-state index >= 15 is 0 Å². The van der Waals surface area contributed by atoms with Crippen molar-refractivity contribution in [3.8, 4) is 5.75 Å². The van der Waals surface area contributed by atoms with E-state index in [1.54, 1.807) is 31.4 Å². The van der Waals surface area contributed by atoms with Crippen molar-refractivity contribution in [3.63, 3.8) is 0 Å². The van der Waals surface area contributed by atoms with Crippen LogP contribution in [0.3, 0.4) is 0 Å². The highest BCUT2D eigenvalue weighted by atomic mass is 35.5. The van der Waals surface area contributed by atoms with Crippen LogP contribution in [0, 0.1) is 0 Å². The number of hydrogen-bond donors (Lipinski definition) is 2. The number of nitrogens with one attached hydrogen (secondary N) is 1. The van der Waals surface area contributed by atoms with E-state index in [2.05, 4.69) is 4.72 Å². The molecule has 1 aromatic carbocycles. The number of benzene rings is 1. The van der Waals surface area contributed by atoms with Crippen LogP contribution in [0.2, 0.25) is 0 Å². The van der Waals surface area contributed by atoms with Gasteiger partial charge in [-0.1, -0.05) is 12.1 Å². The summed E-state index contributed by atoms with van der Waals surface area (Å²) < 4.78 is 30.9. The minimum Gasteiger partial charge on any atom is -0.497 e. The Bertz CT molecular complexity index is 451. The zero-order valence-corrected chi connectivity index (χ0v) is 11.9. The van der Waals surface area contributed by atoms with Crippen LogP contribution < -0.4 is 15.2 Å². The molecule has 0 saturated carbocycles.